The number of carbonyl (C=O) groups is 2. The zero-order valence-corrected chi connectivity index (χ0v) is 9.70. The van der Waals surface area contributed by atoms with Gasteiger partial charge in [0.2, 0.25) is 0 Å². The molecule has 1 N–H and O–H groups in total. The number of methoxy groups -OCH3 is 1. The van der Waals surface area contributed by atoms with E-state index in [0.717, 1.165) is 6.42 Å². The Morgan fingerprint density at radius 2 is 1.93 bits per heavy atom. The van der Waals surface area contributed by atoms with E-state index < -0.39 is 18.1 Å². The maximum absolute atomic E-state index is 11.5. The molecule has 0 saturated carbocycles. The molecular formula is C10H19NO4. The summed E-state index contributed by atoms with van der Waals surface area (Å²) in [5.41, 5.74) is 0. The highest BCUT2D eigenvalue weighted by molar-refractivity contribution is 5.81. The van der Waals surface area contributed by atoms with Crippen LogP contribution in [0.1, 0.15) is 27.2 Å². The van der Waals surface area contributed by atoms with Crippen LogP contribution in [0.4, 0.5) is 4.79 Å². The van der Waals surface area contributed by atoms with Gasteiger partial charge in [-0.1, -0.05) is 20.3 Å². The summed E-state index contributed by atoms with van der Waals surface area (Å²) in [6.07, 6.45) is 0.154. The molecule has 0 spiro atoms. The molecule has 0 radical (unpaired) electrons. The summed E-state index contributed by atoms with van der Waals surface area (Å²) < 4.78 is 9.31. The van der Waals surface area contributed by atoms with Crippen LogP contribution in [-0.2, 0) is 14.3 Å². The van der Waals surface area contributed by atoms with E-state index in [1.165, 1.54) is 7.11 Å². The van der Waals surface area contributed by atoms with Crippen molar-refractivity contribution in [2.24, 2.45) is 5.92 Å². The lowest BCUT2D eigenvalue weighted by Gasteiger charge is -2.21. The Kier molecular flexibility index (Phi) is 6.49. The molecule has 0 saturated heterocycles. The quantitative estimate of drug-likeness (QED) is 0.705. The van der Waals surface area contributed by atoms with E-state index in [2.05, 4.69) is 10.1 Å². The SMILES string of the molecule is CCOC(=O)C(NC(=O)OC)C(C)CC. The van der Waals surface area contributed by atoms with E-state index in [9.17, 15) is 9.59 Å². The Morgan fingerprint density at radius 3 is 2.33 bits per heavy atom. The van der Waals surface area contributed by atoms with Crippen LogP contribution in [0, 0.1) is 5.92 Å². The molecule has 5 nitrogen and oxygen atoms in total. The minimum absolute atomic E-state index is 0.0168. The summed E-state index contributed by atoms with van der Waals surface area (Å²) in [5.74, 6) is -0.402. The maximum Gasteiger partial charge on any atom is 0.407 e. The molecule has 0 heterocycles. The molecule has 88 valence electrons. The summed E-state index contributed by atoms with van der Waals surface area (Å²) >= 11 is 0. The smallest absolute Gasteiger partial charge is 0.407 e. The van der Waals surface area contributed by atoms with Crippen LogP contribution in [0.5, 0.6) is 0 Å². The van der Waals surface area contributed by atoms with Gasteiger partial charge in [0.1, 0.15) is 6.04 Å². The van der Waals surface area contributed by atoms with Crippen molar-refractivity contribution in [1.82, 2.24) is 5.32 Å². The first-order valence-corrected chi connectivity index (χ1v) is 5.07. The zero-order chi connectivity index (χ0) is 11.8. The Morgan fingerprint density at radius 1 is 1.33 bits per heavy atom. The van der Waals surface area contributed by atoms with E-state index in [1.54, 1.807) is 6.92 Å². The largest absolute Gasteiger partial charge is 0.464 e. The zero-order valence-electron chi connectivity index (χ0n) is 9.70. The first-order valence-electron chi connectivity index (χ1n) is 5.07. The van der Waals surface area contributed by atoms with Crippen molar-refractivity contribution in [3.05, 3.63) is 0 Å². The predicted molar refractivity (Wildman–Crippen MR) is 55.4 cm³/mol. The van der Waals surface area contributed by atoms with Gasteiger partial charge in [-0.3, -0.25) is 0 Å². The van der Waals surface area contributed by atoms with Crippen LogP contribution in [0.15, 0.2) is 0 Å². The number of rotatable bonds is 5. The van der Waals surface area contributed by atoms with Crippen LogP contribution in [0.25, 0.3) is 0 Å². The van der Waals surface area contributed by atoms with Crippen molar-refractivity contribution in [1.29, 1.82) is 0 Å². The first kappa shape index (κ1) is 13.7. The van der Waals surface area contributed by atoms with Crippen molar-refractivity contribution < 1.29 is 19.1 Å². The third kappa shape index (κ3) is 4.67. The minimum atomic E-state index is -0.637. The van der Waals surface area contributed by atoms with Crippen LogP contribution in [0.2, 0.25) is 0 Å². The Bertz CT molecular complexity index is 217. The van der Waals surface area contributed by atoms with Gasteiger partial charge in [0.15, 0.2) is 0 Å². The Labute approximate surface area is 90.1 Å². The number of hydrogen-bond donors (Lipinski definition) is 1. The molecule has 0 aliphatic carbocycles. The Balaban J connectivity index is 4.43. The molecule has 0 aromatic carbocycles. The van der Waals surface area contributed by atoms with Crippen molar-refractivity contribution in [3.63, 3.8) is 0 Å². The molecule has 5 heteroatoms. The molecule has 1 amide bonds. The standard InChI is InChI=1S/C10H19NO4/c1-5-7(3)8(9(12)15-6-2)11-10(13)14-4/h7-8H,5-6H2,1-4H3,(H,11,13). The monoisotopic (exact) mass is 217 g/mol. The summed E-state index contributed by atoms with van der Waals surface area (Å²) in [6, 6.07) is -0.637. The lowest BCUT2D eigenvalue weighted by molar-refractivity contribution is -0.146. The van der Waals surface area contributed by atoms with Crippen LogP contribution in [-0.4, -0.2) is 31.8 Å². The fraction of sp³-hybridized carbons (Fsp3) is 0.800. The van der Waals surface area contributed by atoms with Crippen LogP contribution < -0.4 is 5.32 Å². The summed E-state index contributed by atoms with van der Waals surface area (Å²) in [7, 11) is 1.26. The second-order valence-electron chi connectivity index (χ2n) is 3.25. The van der Waals surface area contributed by atoms with Gasteiger partial charge in [-0.05, 0) is 12.8 Å². The lowest BCUT2D eigenvalue weighted by atomic mass is 9.99. The number of alkyl carbamates (subject to hydrolysis) is 1. The van der Waals surface area contributed by atoms with E-state index in [1.807, 2.05) is 13.8 Å². The number of carbonyl (C=O) groups excluding carboxylic acids is 2. The van der Waals surface area contributed by atoms with E-state index in [-0.39, 0.29) is 5.92 Å². The fourth-order valence-corrected chi connectivity index (χ4v) is 1.09. The Hall–Kier alpha value is -1.26. The molecule has 2 unspecified atom stereocenters. The second-order valence-corrected chi connectivity index (χ2v) is 3.25. The van der Waals surface area contributed by atoms with Gasteiger partial charge in [0.05, 0.1) is 13.7 Å². The van der Waals surface area contributed by atoms with Gasteiger partial charge >= 0.3 is 12.1 Å². The summed E-state index contributed by atoms with van der Waals surface area (Å²) in [6.45, 7) is 5.84. The highest BCUT2D eigenvalue weighted by Crippen LogP contribution is 2.09. The van der Waals surface area contributed by atoms with Gasteiger partial charge in [-0.25, -0.2) is 9.59 Å². The third-order valence-electron chi connectivity index (χ3n) is 2.21. The van der Waals surface area contributed by atoms with Crippen molar-refractivity contribution in [2.75, 3.05) is 13.7 Å². The average Bonchev–Trinajstić information content (AvgIpc) is 2.24. The second kappa shape index (κ2) is 7.09. The lowest BCUT2D eigenvalue weighted by Crippen LogP contribution is -2.45. The number of ether oxygens (including phenoxy) is 2. The molecule has 0 fully saturated rings. The van der Waals surface area contributed by atoms with E-state index >= 15 is 0 Å². The molecule has 0 aliphatic rings. The van der Waals surface area contributed by atoms with Gasteiger partial charge in [0, 0.05) is 0 Å². The first-order chi connectivity index (χ1) is 7.06. The number of amides is 1. The summed E-state index contributed by atoms with van der Waals surface area (Å²) in [4.78, 5) is 22.5. The van der Waals surface area contributed by atoms with Gasteiger partial charge < -0.3 is 14.8 Å². The predicted octanol–water partition coefficient (Wildman–Crippen LogP) is 1.32. The highest BCUT2D eigenvalue weighted by Gasteiger charge is 2.27. The van der Waals surface area contributed by atoms with Gasteiger partial charge in [0.25, 0.3) is 0 Å². The van der Waals surface area contributed by atoms with E-state index in [0.29, 0.717) is 6.61 Å². The van der Waals surface area contributed by atoms with Crippen LogP contribution >= 0.6 is 0 Å². The van der Waals surface area contributed by atoms with Crippen molar-refractivity contribution in [2.45, 2.75) is 33.2 Å². The van der Waals surface area contributed by atoms with Gasteiger partial charge in [-0.15, -0.1) is 0 Å². The average molecular weight is 217 g/mol. The third-order valence-corrected chi connectivity index (χ3v) is 2.21. The number of esters is 1. The number of nitrogens with one attached hydrogen (secondary N) is 1. The highest BCUT2D eigenvalue weighted by atomic mass is 16.5. The maximum atomic E-state index is 11.5. The topological polar surface area (TPSA) is 64.6 Å². The molecule has 0 aromatic rings. The molecule has 0 aliphatic heterocycles. The molecule has 2 atom stereocenters. The summed E-state index contributed by atoms with van der Waals surface area (Å²) in [5, 5.41) is 2.47. The minimum Gasteiger partial charge on any atom is -0.464 e. The van der Waals surface area contributed by atoms with Crippen LogP contribution in [0.3, 0.4) is 0 Å². The van der Waals surface area contributed by atoms with Gasteiger partial charge in [-0.2, -0.15) is 0 Å². The molecular weight excluding hydrogens is 198 g/mol. The normalized spacial score (nSPS) is 13.9. The van der Waals surface area contributed by atoms with E-state index in [4.69, 9.17) is 4.74 Å². The molecule has 15 heavy (non-hydrogen) atoms. The molecule has 0 bridgehead atoms. The molecule has 0 aromatic heterocycles. The fourth-order valence-electron chi connectivity index (χ4n) is 1.09. The molecule has 0 rings (SSSR count). The van der Waals surface area contributed by atoms with Crippen molar-refractivity contribution >= 4 is 12.1 Å². The van der Waals surface area contributed by atoms with Crippen molar-refractivity contribution in [3.8, 4) is 0 Å². The number of hydrogen-bond acceptors (Lipinski definition) is 4.